The van der Waals surface area contributed by atoms with Gasteiger partial charge in [0.05, 0.1) is 6.61 Å². The molecule has 17 heavy (non-hydrogen) atoms. The van der Waals surface area contributed by atoms with Crippen molar-refractivity contribution in [3.8, 4) is 0 Å². The van der Waals surface area contributed by atoms with Crippen LogP contribution in [0.2, 0.25) is 0 Å². The number of nitrogens with one attached hydrogen (secondary N) is 1. The van der Waals surface area contributed by atoms with Gasteiger partial charge in [0, 0.05) is 23.5 Å². The lowest BCUT2D eigenvalue weighted by molar-refractivity contribution is 0.238. The van der Waals surface area contributed by atoms with E-state index in [2.05, 4.69) is 18.3 Å². The minimum atomic E-state index is 0.156. The monoisotopic (exact) mass is 233 g/mol. The van der Waals surface area contributed by atoms with Gasteiger partial charge in [-0.3, -0.25) is 0 Å². The summed E-state index contributed by atoms with van der Waals surface area (Å²) in [4.78, 5) is 0. The average Bonchev–Trinajstić information content (AvgIpc) is 2.67. The van der Waals surface area contributed by atoms with E-state index in [-0.39, 0.29) is 12.6 Å². The lowest BCUT2D eigenvalue weighted by Crippen LogP contribution is -2.31. The van der Waals surface area contributed by atoms with Gasteiger partial charge < -0.3 is 14.8 Å². The van der Waals surface area contributed by atoms with Crippen LogP contribution in [0, 0.1) is 6.92 Å². The SMILES string of the molecule is CC[C@H](CO)NCc1c(C)oc2ccccc12. The Hall–Kier alpha value is -1.32. The normalized spacial score (nSPS) is 13.1. The van der Waals surface area contributed by atoms with Gasteiger partial charge in [-0.15, -0.1) is 0 Å². The van der Waals surface area contributed by atoms with Crippen molar-refractivity contribution in [2.24, 2.45) is 0 Å². The van der Waals surface area contributed by atoms with Crippen molar-refractivity contribution in [3.63, 3.8) is 0 Å². The van der Waals surface area contributed by atoms with Crippen LogP contribution in [0.4, 0.5) is 0 Å². The number of aliphatic hydroxyl groups excluding tert-OH is 1. The Morgan fingerprint density at radius 2 is 2.12 bits per heavy atom. The second kappa shape index (κ2) is 5.34. The molecule has 3 nitrogen and oxygen atoms in total. The van der Waals surface area contributed by atoms with E-state index in [9.17, 15) is 0 Å². The van der Waals surface area contributed by atoms with Crippen molar-refractivity contribution in [1.82, 2.24) is 5.32 Å². The van der Waals surface area contributed by atoms with Gasteiger partial charge in [-0.1, -0.05) is 25.1 Å². The fourth-order valence-electron chi connectivity index (χ4n) is 2.03. The molecular weight excluding hydrogens is 214 g/mol. The summed E-state index contributed by atoms with van der Waals surface area (Å²) in [5.41, 5.74) is 2.12. The van der Waals surface area contributed by atoms with Crippen LogP contribution in [0.25, 0.3) is 11.0 Å². The number of fused-ring (bicyclic) bond motifs is 1. The summed E-state index contributed by atoms with van der Waals surface area (Å²) in [7, 11) is 0. The summed E-state index contributed by atoms with van der Waals surface area (Å²) in [5.74, 6) is 0.950. The van der Waals surface area contributed by atoms with Crippen molar-refractivity contribution in [3.05, 3.63) is 35.6 Å². The highest BCUT2D eigenvalue weighted by Crippen LogP contribution is 2.25. The van der Waals surface area contributed by atoms with E-state index in [1.807, 2.05) is 25.1 Å². The predicted molar refractivity (Wildman–Crippen MR) is 69.0 cm³/mol. The van der Waals surface area contributed by atoms with Gasteiger partial charge in [0.25, 0.3) is 0 Å². The van der Waals surface area contributed by atoms with Crippen LogP contribution in [-0.4, -0.2) is 17.8 Å². The highest BCUT2D eigenvalue weighted by atomic mass is 16.3. The second-order valence-electron chi connectivity index (χ2n) is 4.30. The van der Waals surface area contributed by atoms with E-state index < -0.39 is 0 Å². The molecule has 1 atom stereocenters. The zero-order chi connectivity index (χ0) is 12.3. The van der Waals surface area contributed by atoms with Crippen molar-refractivity contribution in [2.45, 2.75) is 32.9 Å². The summed E-state index contributed by atoms with van der Waals surface area (Å²) in [6, 6.07) is 8.20. The molecular formula is C14H19NO2. The molecule has 0 saturated carbocycles. The standard InChI is InChI=1S/C14H19NO2/c1-3-11(9-16)15-8-13-10(2)17-14-7-5-4-6-12(13)14/h4-7,11,15-16H,3,8-9H2,1-2H3/t11-/m1/s1. The van der Waals surface area contributed by atoms with Crippen LogP contribution in [0.15, 0.2) is 28.7 Å². The largest absolute Gasteiger partial charge is 0.461 e. The molecule has 1 aromatic heterocycles. The number of furan rings is 1. The molecule has 1 heterocycles. The molecule has 92 valence electrons. The third-order valence-electron chi connectivity index (χ3n) is 3.18. The van der Waals surface area contributed by atoms with Crippen molar-refractivity contribution >= 4 is 11.0 Å². The van der Waals surface area contributed by atoms with Gasteiger partial charge in [0.1, 0.15) is 11.3 Å². The molecule has 0 saturated heterocycles. The van der Waals surface area contributed by atoms with E-state index in [4.69, 9.17) is 9.52 Å². The first kappa shape index (κ1) is 12.1. The van der Waals surface area contributed by atoms with Crippen LogP contribution in [0.3, 0.4) is 0 Å². The molecule has 2 aromatic rings. The van der Waals surface area contributed by atoms with Crippen LogP contribution < -0.4 is 5.32 Å². The molecule has 0 aliphatic rings. The minimum Gasteiger partial charge on any atom is -0.461 e. The summed E-state index contributed by atoms with van der Waals surface area (Å²) in [6.45, 7) is 4.96. The van der Waals surface area contributed by atoms with E-state index in [1.54, 1.807) is 0 Å². The first-order chi connectivity index (χ1) is 8.26. The number of hydrogen-bond donors (Lipinski definition) is 2. The lowest BCUT2D eigenvalue weighted by Gasteiger charge is -2.13. The van der Waals surface area contributed by atoms with E-state index in [1.165, 1.54) is 5.56 Å². The van der Waals surface area contributed by atoms with E-state index in [0.717, 1.165) is 29.7 Å². The molecule has 0 amide bonds. The third-order valence-corrected chi connectivity index (χ3v) is 3.18. The Morgan fingerprint density at radius 1 is 1.35 bits per heavy atom. The minimum absolute atomic E-state index is 0.156. The fraction of sp³-hybridized carbons (Fsp3) is 0.429. The summed E-state index contributed by atoms with van der Waals surface area (Å²) < 4.78 is 5.70. The molecule has 0 unspecified atom stereocenters. The smallest absolute Gasteiger partial charge is 0.134 e. The zero-order valence-electron chi connectivity index (χ0n) is 10.4. The molecule has 0 spiro atoms. The summed E-state index contributed by atoms with van der Waals surface area (Å²) in [5, 5.41) is 13.7. The number of rotatable bonds is 5. The average molecular weight is 233 g/mol. The number of aliphatic hydroxyl groups is 1. The van der Waals surface area contributed by atoms with Crippen LogP contribution in [-0.2, 0) is 6.54 Å². The van der Waals surface area contributed by atoms with Crippen molar-refractivity contribution in [1.29, 1.82) is 0 Å². The number of para-hydroxylation sites is 1. The Bertz CT molecular complexity index is 486. The molecule has 2 N–H and O–H groups in total. The topological polar surface area (TPSA) is 45.4 Å². The number of benzene rings is 1. The Kier molecular flexibility index (Phi) is 3.82. The maximum absolute atomic E-state index is 9.15. The zero-order valence-corrected chi connectivity index (χ0v) is 10.4. The van der Waals surface area contributed by atoms with Crippen molar-refractivity contribution in [2.75, 3.05) is 6.61 Å². The van der Waals surface area contributed by atoms with E-state index in [0.29, 0.717) is 0 Å². The maximum Gasteiger partial charge on any atom is 0.134 e. The Labute approximate surface area is 101 Å². The second-order valence-corrected chi connectivity index (χ2v) is 4.30. The predicted octanol–water partition coefficient (Wildman–Crippen LogP) is 2.60. The first-order valence-electron chi connectivity index (χ1n) is 6.07. The number of hydrogen-bond acceptors (Lipinski definition) is 3. The highest BCUT2D eigenvalue weighted by Gasteiger charge is 2.11. The van der Waals surface area contributed by atoms with Crippen LogP contribution >= 0.6 is 0 Å². The van der Waals surface area contributed by atoms with Gasteiger partial charge in [-0.25, -0.2) is 0 Å². The molecule has 0 aliphatic carbocycles. The summed E-state index contributed by atoms with van der Waals surface area (Å²) in [6.07, 6.45) is 0.922. The fourth-order valence-corrected chi connectivity index (χ4v) is 2.03. The van der Waals surface area contributed by atoms with Crippen LogP contribution in [0.5, 0.6) is 0 Å². The van der Waals surface area contributed by atoms with Crippen molar-refractivity contribution < 1.29 is 9.52 Å². The van der Waals surface area contributed by atoms with Gasteiger partial charge in [-0.05, 0) is 19.4 Å². The number of aryl methyl sites for hydroxylation is 1. The van der Waals surface area contributed by atoms with Gasteiger partial charge in [0.15, 0.2) is 0 Å². The molecule has 0 radical (unpaired) electrons. The molecule has 2 rings (SSSR count). The molecule has 0 aliphatic heterocycles. The summed E-state index contributed by atoms with van der Waals surface area (Å²) >= 11 is 0. The van der Waals surface area contributed by atoms with Crippen LogP contribution in [0.1, 0.15) is 24.7 Å². The third kappa shape index (κ3) is 2.51. The quantitative estimate of drug-likeness (QED) is 0.834. The molecule has 1 aromatic carbocycles. The molecule has 0 fully saturated rings. The highest BCUT2D eigenvalue weighted by molar-refractivity contribution is 5.82. The van der Waals surface area contributed by atoms with Gasteiger partial charge in [0.2, 0.25) is 0 Å². The first-order valence-corrected chi connectivity index (χ1v) is 6.07. The maximum atomic E-state index is 9.15. The van der Waals surface area contributed by atoms with Gasteiger partial charge >= 0.3 is 0 Å². The molecule has 0 bridgehead atoms. The Morgan fingerprint density at radius 3 is 2.82 bits per heavy atom. The molecule has 3 heteroatoms. The van der Waals surface area contributed by atoms with Gasteiger partial charge in [-0.2, -0.15) is 0 Å². The Balaban J connectivity index is 2.20. The van der Waals surface area contributed by atoms with E-state index >= 15 is 0 Å². The lowest BCUT2D eigenvalue weighted by atomic mass is 10.1.